The van der Waals surface area contributed by atoms with Gasteiger partial charge in [0, 0.05) is 45.7 Å². The normalized spacial score (nSPS) is 20.4. The predicted molar refractivity (Wildman–Crippen MR) is 104 cm³/mol. The molecular formula is C20H27N5O. The van der Waals surface area contributed by atoms with Crippen molar-refractivity contribution in [2.75, 3.05) is 56.7 Å². The molecule has 0 spiro atoms. The molecule has 4 rings (SSSR count). The Morgan fingerprint density at radius 2 is 1.92 bits per heavy atom. The first-order valence-corrected chi connectivity index (χ1v) is 9.41. The van der Waals surface area contributed by atoms with Crippen molar-refractivity contribution >= 4 is 11.8 Å². The molecule has 2 aliphatic rings. The molecule has 138 valence electrons. The minimum atomic E-state index is 0.0854. The van der Waals surface area contributed by atoms with Crippen LogP contribution < -0.4 is 15.1 Å². The Hall–Kier alpha value is -2.18. The third kappa shape index (κ3) is 3.52. The van der Waals surface area contributed by atoms with Gasteiger partial charge in [0.25, 0.3) is 0 Å². The van der Waals surface area contributed by atoms with Gasteiger partial charge in [-0.2, -0.15) is 4.98 Å². The molecule has 0 unspecified atom stereocenters. The first-order valence-electron chi connectivity index (χ1n) is 9.41. The zero-order valence-corrected chi connectivity index (χ0v) is 15.6. The van der Waals surface area contributed by atoms with Gasteiger partial charge in [-0.3, -0.25) is 0 Å². The number of fused-ring (bicyclic) bond motifs is 1. The van der Waals surface area contributed by atoms with Crippen LogP contribution in [0.5, 0.6) is 0 Å². The zero-order valence-electron chi connectivity index (χ0n) is 15.6. The van der Waals surface area contributed by atoms with E-state index in [2.05, 4.69) is 34.5 Å². The molecule has 0 bridgehead atoms. The average molecular weight is 353 g/mol. The second kappa shape index (κ2) is 7.60. The fourth-order valence-electron chi connectivity index (χ4n) is 3.69. The van der Waals surface area contributed by atoms with E-state index in [4.69, 9.17) is 14.7 Å². The lowest BCUT2D eigenvalue weighted by Crippen LogP contribution is -2.40. The molecule has 6 nitrogen and oxygen atoms in total. The molecule has 0 saturated carbocycles. The quantitative estimate of drug-likeness (QED) is 0.908. The topological polar surface area (TPSA) is 53.5 Å². The number of anilines is 2. The minimum absolute atomic E-state index is 0.0854. The van der Waals surface area contributed by atoms with Gasteiger partial charge in [0.15, 0.2) is 0 Å². The average Bonchev–Trinajstić information content (AvgIpc) is 2.93. The van der Waals surface area contributed by atoms with Crippen molar-refractivity contribution < 1.29 is 4.74 Å². The van der Waals surface area contributed by atoms with Crippen LogP contribution in [0.2, 0.25) is 0 Å². The van der Waals surface area contributed by atoms with Crippen LogP contribution >= 0.6 is 0 Å². The Labute approximate surface area is 155 Å². The van der Waals surface area contributed by atoms with Crippen LogP contribution in [-0.2, 0) is 17.6 Å². The van der Waals surface area contributed by atoms with Crippen LogP contribution in [0.4, 0.5) is 11.8 Å². The largest absolute Gasteiger partial charge is 0.370 e. The lowest BCUT2D eigenvalue weighted by molar-refractivity contribution is 0.0394. The first-order chi connectivity index (χ1) is 12.7. The van der Waals surface area contributed by atoms with Gasteiger partial charge in [-0.15, -0.1) is 0 Å². The van der Waals surface area contributed by atoms with E-state index in [0.717, 1.165) is 50.8 Å². The van der Waals surface area contributed by atoms with Crippen molar-refractivity contribution in [2.45, 2.75) is 18.9 Å². The number of aromatic nitrogens is 2. The maximum atomic E-state index is 6.05. The fraction of sp³-hybridized carbons (Fsp3) is 0.500. The molecule has 1 aromatic heterocycles. The number of ether oxygens (including phenoxy) is 1. The van der Waals surface area contributed by atoms with Crippen LogP contribution in [0.1, 0.15) is 22.9 Å². The van der Waals surface area contributed by atoms with Crippen LogP contribution in [0.25, 0.3) is 0 Å². The molecule has 1 atom stereocenters. The smallest absolute Gasteiger partial charge is 0.227 e. The monoisotopic (exact) mass is 353 g/mol. The number of rotatable bonds is 3. The van der Waals surface area contributed by atoms with Crippen LogP contribution in [0, 0.1) is 0 Å². The molecule has 3 heterocycles. The second-order valence-corrected chi connectivity index (χ2v) is 7.13. The molecule has 0 radical (unpaired) electrons. The highest BCUT2D eigenvalue weighted by atomic mass is 16.5. The van der Waals surface area contributed by atoms with Crippen LogP contribution in [0.15, 0.2) is 30.3 Å². The number of nitrogens with zero attached hydrogens (tertiary/aromatic N) is 4. The van der Waals surface area contributed by atoms with Crippen molar-refractivity contribution in [1.29, 1.82) is 0 Å². The summed E-state index contributed by atoms with van der Waals surface area (Å²) in [6.07, 6.45) is 2.02. The molecule has 6 heteroatoms. The van der Waals surface area contributed by atoms with E-state index in [1.807, 2.05) is 25.1 Å². The van der Waals surface area contributed by atoms with Gasteiger partial charge >= 0.3 is 0 Å². The number of morpholine rings is 1. The fourth-order valence-corrected chi connectivity index (χ4v) is 3.69. The first kappa shape index (κ1) is 17.2. The van der Waals surface area contributed by atoms with Gasteiger partial charge in [-0.1, -0.05) is 30.3 Å². The van der Waals surface area contributed by atoms with Gasteiger partial charge in [0.05, 0.1) is 12.3 Å². The number of hydrogen-bond acceptors (Lipinski definition) is 6. The molecule has 1 aromatic carbocycles. The summed E-state index contributed by atoms with van der Waals surface area (Å²) in [4.78, 5) is 14.1. The van der Waals surface area contributed by atoms with E-state index in [9.17, 15) is 0 Å². The summed E-state index contributed by atoms with van der Waals surface area (Å²) in [5, 5.41) is 3.48. The lowest BCUT2D eigenvalue weighted by atomic mass is 10.1. The summed E-state index contributed by atoms with van der Waals surface area (Å²) in [5.41, 5.74) is 3.72. The molecular weight excluding hydrogens is 326 g/mol. The van der Waals surface area contributed by atoms with E-state index < -0.39 is 0 Å². The minimum Gasteiger partial charge on any atom is -0.370 e. The summed E-state index contributed by atoms with van der Waals surface area (Å²) in [6.45, 7) is 4.37. The molecule has 0 amide bonds. The standard InChI is InChI=1S/C20H27N5O/c1-24(2)20-22-17-9-11-21-10-8-16(17)19(23-20)25-12-13-26-18(14-25)15-6-4-3-5-7-15/h3-7,18,21H,8-14H2,1-2H3/t18-/m0/s1. The van der Waals surface area contributed by atoms with Crippen LogP contribution in [0.3, 0.4) is 0 Å². The van der Waals surface area contributed by atoms with E-state index in [-0.39, 0.29) is 6.10 Å². The molecule has 1 saturated heterocycles. The maximum Gasteiger partial charge on any atom is 0.227 e. The second-order valence-electron chi connectivity index (χ2n) is 7.13. The van der Waals surface area contributed by atoms with Gasteiger partial charge in [-0.25, -0.2) is 4.98 Å². The van der Waals surface area contributed by atoms with Crippen molar-refractivity contribution in [3.05, 3.63) is 47.2 Å². The SMILES string of the molecule is CN(C)c1nc2c(c(N3CCO[C@H](c4ccccc4)C3)n1)CCNCC2. The Morgan fingerprint density at radius 1 is 1.12 bits per heavy atom. The van der Waals surface area contributed by atoms with E-state index in [1.165, 1.54) is 16.8 Å². The maximum absolute atomic E-state index is 6.05. The summed E-state index contributed by atoms with van der Waals surface area (Å²) in [5.74, 6) is 1.88. The van der Waals surface area contributed by atoms with E-state index >= 15 is 0 Å². The zero-order chi connectivity index (χ0) is 17.9. The third-order valence-electron chi connectivity index (χ3n) is 5.09. The van der Waals surface area contributed by atoms with Crippen LogP contribution in [-0.4, -0.2) is 56.8 Å². The molecule has 1 fully saturated rings. The Bertz CT molecular complexity index is 749. The van der Waals surface area contributed by atoms with Crippen molar-refractivity contribution in [3.63, 3.8) is 0 Å². The Kier molecular flexibility index (Phi) is 5.04. The Morgan fingerprint density at radius 3 is 2.73 bits per heavy atom. The van der Waals surface area contributed by atoms with Gasteiger partial charge < -0.3 is 19.9 Å². The molecule has 2 aromatic rings. The highest BCUT2D eigenvalue weighted by molar-refractivity contribution is 5.54. The van der Waals surface area contributed by atoms with Crippen molar-refractivity contribution in [3.8, 4) is 0 Å². The summed E-state index contributed by atoms with van der Waals surface area (Å²) >= 11 is 0. The summed E-state index contributed by atoms with van der Waals surface area (Å²) in [6, 6.07) is 10.5. The van der Waals surface area contributed by atoms with Gasteiger partial charge in [-0.05, 0) is 18.5 Å². The van der Waals surface area contributed by atoms with Gasteiger partial charge in [0.1, 0.15) is 11.9 Å². The molecule has 26 heavy (non-hydrogen) atoms. The van der Waals surface area contributed by atoms with E-state index in [0.29, 0.717) is 6.61 Å². The Balaban J connectivity index is 1.68. The lowest BCUT2D eigenvalue weighted by Gasteiger charge is -2.35. The van der Waals surface area contributed by atoms with E-state index in [1.54, 1.807) is 0 Å². The summed E-state index contributed by atoms with van der Waals surface area (Å²) in [7, 11) is 4.01. The highest BCUT2D eigenvalue weighted by Crippen LogP contribution is 2.30. The molecule has 2 aliphatic heterocycles. The molecule has 0 aliphatic carbocycles. The predicted octanol–water partition coefficient (Wildman–Crippen LogP) is 1.81. The van der Waals surface area contributed by atoms with Crippen molar-refractivity contribution in [2.24, 2.45) is 0 Å². The molecule has 1 N–H and O–H groups in total. The number of hydrogen-bond donors (Lipinski definition) is 1. The third-order valence-corrected chi connectivity index (χ3v) is 5.09. The number of benzene rings is 1. The summed E-state index contributed by atoms with van der Waals surface area (Å²) < 4.78 is 6.05. The highest BCUT2D eigenvalue weighted by Gasteiger charge is 2.27. The van der Waals surface area contributed by atoms with Gasteiger partial charge in [0.2, 0.25) is 5.95 Å². The van der Waals surface area contributed by atoms with Crippen molar-refractivity contribution in [1.82, 2.24) is 15.3 Å². The number of nitrogens with one attached hydrogen (secondary N) is 1.